The van der Waals surface area contributed by atoms with Gasteiger partial charge < -0.3 is 19.2 Å². The van der Waals surface area contributed by atoms with Gasteiger partial charge in [-0.1, -0.05) is 12.0 Å². The van der Waals surface area contributed by atoms with E-state index in [0.717, 1.165) is 23.3 Å². The molecule has 2 aromatic heterocycles. The molecule has 0 spiro atoms. The van der Waals surface area contributed by atoms with E-state index < -0.39 is 32.7 Å². The van der Waals surface area contributed by atoms with E-state index in [0.29, 0.717) is 34.2 Å². The van der Waals surface area contributed by atoms with Gasteiger partial charge in [-0.05, 0) is 61.9 Å². The number of fused-ring (bicyclic) bond motifs is 1. The van der Waals surface area contributed by atoms with Crippen molar-refractivity contribution in [3.63, 3.8) is 0 Å². The minimum Gasteiger partial charge on any atom is -0.497 e. The van der Waals surface area contributed by atoms with E-state index in [1.807, 2.05) is 0 Å². The molecule has 12 heteroatoms. The summed E-state index contributed by atoms with van der Waals surface area (Å²) >= 11 is 1.29. The van der Waals surface area contributed by atoms with E-state index in [1.165, 1.54) is 18.4 Å². The second-order valence-electron chi connectivity index (χ2n) is 8.19. The van der Waals surface area contributed by atoms with Crippen LogP contribution in [0.25, 0.3) is 11.5 Å². The lowest BCUT2D eigenvalue weighted by Gasteiger charge is -2.18. The zero-order valence-corrected chi connectivity index (χ0v) is 21.1. The first-order valence-corrected chi connectivity index (χ1v) is 13.5. The SMILES string of the molecule is CCOC(=O)c1c(NC(=O)CS(=O)(=O)c2nnc(-c3ccc(OC)cc3)o2)sc2c1CCC(C)C2. The minimum absolute atomic E-state index is 0.00344. The summed E-state index contributed by atoms with van der Waals surface area (Å²) in [5, 5.41) is 9.62. The Morgan fingerprint density at radius 3 is 2.66 bits per heavy atom. The number of hydrogen-bond donors (Lipinski definition) is 1. The summed E-state index contributed by atoms with van der Waals surface area (Å²) in [5.74, 6) is -1.19. The molecular weight excluding hydrogens is 494 g/mol. The maximum absolute atomic E-state index is 12.8. The fourth-order valence-corrected chi connectivity index (χ4v) is 6.17. The number of ether oxygens (including phenoxy) is 2. The third-order valence-corrected chi connectivity index (χ3v) is 8.08. The molecule has 1 N–H and O–H groups in total. The molecule has 186 valence electrons. The molecule has 1 aliphatic rings. The monoisotopic (exact) mass is 519 g/mol. The molecule has 1 aliphatic carbocycles. The predicted octanol–water partition coefficient (Wildman–Crippen LogP) is 3.52. The van der Waals surface area contributed by atoms with Gasteiger partial charge in [-0.3, -0.25) is 4.79 Å². The molecule has 0 aliphatic heterocycles. The molecule has 1 aromatic carbocycles. The van der Waals surface area contributed by atoms with Gasteiger partial charge in [-0.25, -0.2) is 13.2 Å². The molecule has 0 saturated heterocycles. The second kappa shape index (κ2) is 10.2. The minimum atomic E-state index is -4.22. The first-order valence-electron chi connectivity index (χ1n) is 11.0. The molecule has 0 saturated carbocycles. The number of rotatable bonds is 8. The van der Waals surface area contributed by atoms with Crippen LogP contribution in [0.5, 0.6) is 5.75 Å². The largest absolute Gasteiger partial charge is 0.497 e. The average molecular weight is 520 g/mol. The summed E-state index contributed by atoms with van der Waals surface area (Å²) in [6.07, 6.45) is 2.41. The van der Waals surface area contributed by atoms with E-state index in [4.69, 9.17) is 13.9 Å². The number of nitrogens with zero attached hydrogens (tertiary/aromatic N) is 2. The Kier molecular flexibility index (Phi) is 7.22. The molecular formula is C23H25N3O7S2. The number of hydrogen-bond acceptors (Lipinski definition) is 10. The molecule has 35 heavy (non-hydrogen) atoms. The number of aromatic nitrogens is 2. The van der Waals surface area contributed by atoms with Crippen LogP contribution < -0.4 is 10.1 Å². The Bertz CT molecular complexity index is 1340. The van der Waals surface area contributed by atoms with Gasteiger partial charge in [0.2, 0.25) is 21.6 Å². The number of esters is 1. The van der Waals surface area contributed by atoms with Crippen LogP contribution in [0.1, 0.15) is 41.1 Å². The van der Waals surface area contributed by atoms with Gasteiger partial charge >= 0.3 is 11.2 Å². The lowest BCUT2D eigenvalue weighted by atomic mass is 9.88. The number of carbonyl (C=O) groups excluding carboxylic acids is 2. The van der Waals surface area contributed by atoms with Crippen molar-refractivity contribution in [2.75, 3.05) is 24.8 Å². The highest BCUT2D eigenvalue weighted by molar-refractivity contribution is 7.91. The van der Waals surface area contributed by atoms with Crippen LogP contribution in [0.3, 0.4) is 0 Å². The van der Waals surface area contributed by atoms with Gasteiger partial charge in [0.05, 0.1) is 19.3 Å². The highest BCUT2D eigenvalue weighted by atomic mass is 32.2. The Balaban J connectivity index is 1.52. The number of anilines is 1. The summed E-state index contributed by atoms with van der Waals surface area (Å²) in [4.78, 5) is 26.3. The lowest BCUT2D eigenvalue weighted by molar-refractivity contribution is -0.113. The fourth-order valence-electron chi connectivity index (χ4n) is 3.84. The first-order chi connectivity index (χ1) is 16.7. The Hall–Kier alpha value is -3.25. The van der Waals surface area contributed by atoms with Crippen LogP contribution in [-0.4, -0.2) is 50.0 Å². The van der Waals surface area contributed by atoms with Gasteiger partial charge in [0, 0.05) is 10.4 Å². The smallest absolute Gasteiger partial charge is 0.341 e. The zero-order chi connectivity index (χ0) is 25.2. The van der Waals surface area contributed by atoms with Crippen LogP contribution in [-0.2, 0) is 32.2 Å². The average Bonchev–Trinajstić information content (AvgIpc) is 3.44. The van der Waals surface area contributed by atoms with Crippen molar-refractivity contribution in [3.05, 3.63) is 40.3 Å². The summed E-state index contributed by atoms with van der Waals surface area (Å²) in [6, 6.07) is 6.63. The summed E-state index contributed by atoms with van der Waals surface area (Å²) in [7, 11) is -2.70. The Morgan fingerprint density at radius 2 is 1.97 bits per heavy atom. The Labute approximate surface area is 206 Å². The summed E-state index contributed by atoms with van der Waals surface area (Å²) in [5.41, 5.74) is 1.68. The van der Waals surface area contributed by atoms with Crippen LogP contribution in [0.2, 0.25) is 0 Å². The van der Waals surface area contributed by atoms with Crippen molar-refractivity contribution in [1.82, 2.24) is 10.2 Å². The number of sulfone groups is 1. The quantitative estimate of drug-likeness (QED) is 0.443. The van der Waals surface area contributed by atoms with Crippen molar-refractivity contribution < 1.29 is 31.9 Å². The highest BCUT2D eigenvalue weighted by Gasteiger charge is 2.31. The van der Waals surface area contributed by atoms with E-state index >= 15 is 0 Å². The normalized spacial score (nSPS) is 15.3. The number of amides is 1. The van der Waals surface area contributed by atoms with Gasteiger partial charge in [0.1, 0.15) is 16.5 Å². The van der Waals surface area contributed by atoms with Crippen molar-refractivity contribution in [2.24, 2.45) is 5.92 Å². The van der Waals surface area contributed by atoms with E-state index in [9.17, 15) is 18.0 Å². The van der Waals surface area contributed by atoms with Gasteiger partial charge in [0.15, 0.2) is 0 Å². The van der Waals surface area contributed by atoms with E-state index in [1.54, 1.807) is 31.2 Å². The number of thiophene rings is 1. The lowest BCUT2D eigenvalue weighted by Crippen LogP contribution is -2.24. The second-order valence-corrected chi connectivity index (χ2v) is 11.2. The highest BCUT2D eigenvalue weighted by Crippen LogP contribution is 2.40. The van der Waals surface area contributed by atoms with Gasteiger partial charge in [-0.2, -0.15) is 0 Å². The first kappa shape index (κ1) is 24.9. The predicted molar refractivity (Wildman–Crippen MR) is 128 cm³/mol. The maximum Gasteiger partial charge on any atom is 0.341 e. The van der Waals surface area contributed by atoms with Gasteiger partial charge in [-0.15, -0.1) is 16.4 Å². The molecule has 2 heterocycles. The standard InChI is InChI=1S/C23H25N3O7S2/c1-4-32-22(28)19-16-10-5-13(2)11-17(16)34-21(19)24-18(27)12-35(29,30)23-26-25-20(33-23)14-6-8-15(31-3)9-7-14/h6-9,13H,4-5,10-12H2,1-3H3,(H,24,27). The topological polar surface area (TPSA) is 138 Å². The van der Waals surface area contributed by atoms with Crippen molar-refractivity contribution in [2.45, 2.75) is 38.3 Å². The van der Waals surface area contributed by atoms with Crippen LogP contribution in [0.4, 0.5) is 5.00 Å². The zero-order valence-electron chi connectivity index (χ0n) is 19.5. The third-order valence-electron chi connectivity index (χ3n) is 5.57. The molecule has 3 aromatic rings. The number of carbonyl (C=O) groups is 2. The van der Waals surface area contributed by atoms with Crippen LogP contribution in [0, 0.1) is 5.92 Å². The molecule has 0 bridgehead atoms. The molecule has 1 atom stereocenters. The Morgan fingerprint density at radius 1 is 1.23 bits per heavy atom. The number of benzene rings is 1. The van der Waals surface area contributed by atoms with E-state index in [-0.39, 0.29) is 12.5 Å². The molecule has 1 unspecified atom stereocenters. The molecule has 10 nitrogen and oxygen atoms in total. The third kappa shape index (κ3) is 5.38. The van der Waals surface area contributed by atoms with E-state index in [2.05, 4.69) is 22.4 Å². The molecule has 0 radical (unpaired) electrons. The summed E-state index contributed by atoms with van der Waals surface area (Å²) < 4.78 is 41.1. The fraction of sp³-hybridized carbons (Fsp3) is 0.391. The van der Waals surface area contributed by atoms with Crippen molar-refractivity contribution in [1.29, 1.82) is 0 Å². The molecule has 0 fully saturated rings. The summed E-state index contributed by atoms with van der Waals surface area (Å²) in [6.45, 7) is 4.02. The number of nitrogens with one attached hydrogen (secondary N) is 1. The van der Waals surface area contributed by atoms with Gasteiger partial charge in [0.25, 0.3) is 0 Å². The number of methoxy groups -OCH3 is 1. The van der Waals surface area contributed by atoms with Crippen LogP contribution in [0.15, 0.2) is 33.9 Å². The maximum atomic E-state index is 12.8. The van der Waals surface area contributed by atoms with Crippen molar-refractivity contribution in [3.8, 4) is 17.2 Å². The molecule has 1 amide bonds. The van der Waals surface area contributed by atoms with Crippen molar-refractivity contribution >= 4 is 38.1 Å². The van der Waals surface area contributed by atoms with Crippen LogP contribution >= 0.6 is 11.3 Å². The molecule has 4 rings (SSSR count).